The maximum absolute atomic E-state index is 12.6. The van der Waals surface area contributed by atoms with Gasteiger partial charge in [-0.15, -0.1) is 0 Å². The fourth-order valence-electron chi connectivity index (χ4n) is 2.09. The first-order chi connectivity index (χ1) is 11.8. The standard InChI is InChI=1S/C17H22BrN3O3S/c1-13-5-7-15(8-6-13)25(22,23)20-16-11-14(18)12-19-17(16)24-10-4-9-21(2)3/h5-8,11-12,20H,4,9-10H2,1-3H3. The Morgan fingerprint density at radius 3 is 2.56 bits per heavy atom. The minimum atomic E-state index is -3.71. The first-order valence-corrected chi connectivity index (χ1v) is 10.1. The van der Waals surface area contributed by atoms with Crippen LogP contribution in [0.2, 0.25) is 0 Å². The average molecular weight is 428 g/mol. The first-order valence-electron chi connectivity index (χ1n) is 7.80. The topological polar surface area (TPSA) is 71.5 Å². The van der Waals surface area contributed by atoms with Crippen molar-refractivity contribution < 1.29 is 13.2 Å². The summed E-state index contributed by atoms with van der Waals surface area (Å²) in [6.07, 6.45) is 2.39. The SMILES string of the molecule is Cc1ccc(S(=O)(=O)Nc2cc(Br)cnc2OCCCN(C)C)cc1. The Morgan fingerprint density at radius 1 is 1.24 bits per heavy atom. The number of rotatable bonds is 8. The van der Waals surface area contributed by atoms with E-state index >= 15 is 0 Å². The summed E-state index contributed by atoms with van der Waals surface area (Å²) in [5.74, 6) is 0.262. The molecule has 1 N–H and O–H groups in total. The Balaban J connectivity index is 2.17. The van der Waals surface area contributed by atoms with Crippen LogP contribution in [0.15, 0.2) is 45.9 Å². The van der Waals surface area contributed by atoms with E-state index in [1.807, 2.05) is 21.0 Å². The molecule has 1 aromatic heterocycles. The lowest BCUT2D eigenvalue weighted by Gasteiger charge is -2.14. The van der Waals surface area contributed by atoms with Gasteiger partial charge in [0.25, 0.3) is 10.0 Å². The highest BCUT2D eigenvalue weighted by Crippen LogP contribution is 2.28. The van der Waals surface area contributed by atoms with Gasteiger partial charge < -0.3 is 9.64 Å². The van der Waals surface area contributed by atoms with Crippen molar-refractivity contribution in [3.8, 4) is 5.88 Å². The van der Waals surface area contributed by atoms with Crippen LogP contribution in [0.4, 0.5) is 5.69 Å². The second-order valence-electron chi connectivity index (χ2n) is 5.93. The molecule has 25 heavy (non-hydrogen) atoms. The molecule has 2 rings (SSSR count). The molecule has 0 radical (unpaired) electrons. The van der Waals surface area contributed by atoms with Crippen molar-refractivity contribution >= 4 is 31.6 Å². The third-order valence-electron chi connectivity index (χ3n) is 3.38. The minimum Gasteiger partial charge on any atom is -0.476 e. The van der Waals surface area contributed by atoms with Gasteiger partial charge in [0.05, 0.1) is 11.5 Å². The molecule has 1 aromatic carbocycles. The zero-order valence-electron chi connectivity index (χ0n) is 14.5. The van der Waals surface area contributed by atoms with E-state index in [1.165, 1.54) is 0 Å². The summed E-state index contributed by atoms with van der Waals surface area (Å²) in [5, 5.41) is 0. The van der Waals surface area contributed by atoms with Crippen LogP contribution in [0.1, 0.15) is 12.0 Å². The van der Waals surface area contributed by atoms with E-state index in [1.54, 1.807) is 36.5 Å². The molecule has 0 fully saturated rings. The van der Waals surface area contributed by atoms with E-state index in [4.69, 9.17) is 4.74 Å². The number of anilines is 1. The zero-order valence-corrected chi connectivity index (χ0v) is 16.9. The number of sulfonamides is 1. The normalized spacial score (nSPS) is 11.6. The van der Waals surface area contributed by atoms with E-state index in [0.717, 1.165) is 18.5 Å². The minimum absolute atomic E-state index is 0.191. The molecule has 0 bridgehead atoms. The van der Waals surface area contributed by atoms with Crippen LogP contribution >= 0.6 is 15.9 Å². The molecule has 1 heterocycles. The molecule has 0 aliphatic carbocycles. The van der Waals surface area contributed by atoms with Gasteiger partial charge in [0.1, 0.15) is 5.69 Å². The molecular weight excluding hydrogens is 406 g/mol. The fraction of sp³-hybridized carbons (Fsp3) is 0.353. The van der Waals surface area contributed by atoms with Crippen molar-refractivity contribution in [1.82, 2.24) is 9.88 Å². The maximum Gasteiger partial charge on any atom is 0.262 e. The van der Waals surface area contributed by atoms with Gasteiger partial charge in [-0.3, -0.25) is 4.72 Å². The molecule has 0 unspecified atom stereocenters. The summed E-state index contributed by atoms with van der Waals surface area (Å²) in [6, 6.07) is 8.29. The molecule has 136 valence electrons. The molecule has 0 amide bonds. The number of nitrogens with one attached hydrogen (secondary N) is 1. The quantitative estimate of drug-likeness (QED) is 0.654. The molecule has 0 saturated carbocycles. The first kappa shape index (κ1) is 19.7. The Kier molecular flexibility index (Phi) is 6.80. The van der Waals surface area contributed by atoms with Crippen molar-refractivity contribution in [2.75, 3.05) is 32.0 Å². The molecule has 0 spiro atoms. The fourth-order valence-corrected chi connectivity index (χ4v) is 3.46. The number of pyridine rings is 1. The number of aromatic nitrogens is 1. The maximum atomic E-state index is 12.6. The molecular formula is C17H22BrN3O3S. The van der Waals surface area contributed by atoms with Gasteiger partial charge in [0.2, 0.25) is 5.88 Å². The van der Waals surface area contributed by atoms with Crippen molar-refractivity contribution in [2.45, 2.75) is 18.2 Å². The molecule has 0 atom stereocenters. The second kappa shape index (κ2) is 8.64. The van der Waals surface area contributed by atoms with Gasteiger partial charge in [-0.05, 0) is 61.6 Å². The molecule has 8 heteroatoms. The van der Waals surface area contributed by atoms with Crippen LogP contribution in [0.5, 0.6) is 5.88 Å². The van der Waals surface area contributed by atoms with E-state index in [2.05, 4.69) is 30.5 Å². The lowest BCUT2D eigenvalue weighted by atomic mass is 10.2. The molecule has 0 aliphatic rings. The predicted molar refractivity (Wildman–Crippen MR) is 103 cm³/mol. The smallest absolute Gasteiger partial charge is 0.262 e. The summed E-state index contributed by atoms with van der Waals surface area (Å²) in [5.41, 5.74) is 1.30. The number of hydrogen-bond donors (Lipinski definition) is 1. The highest BCUT2D eigenvalue weighted by Gasteiger charge is 2.17. The van der Waals surface area contributed by atoms with Gasteiger partial charge in [0.15, 0.2) is 0 Å². The van der Waals surface area contributed by atoms with Gasteiger partial charge in [-0.2, -0.15) is 0 Å². The van der Waals surface area contributed by atoms with Gasteiger partial charge in [-0.1, -0.05) is 17.7 Å². The molecule has 0 aliphatic heterocycles. The largest absolute Gasteiger partial charge is 0.476 e. The van der Waals surface area contributed by atoms with Crippen LogP contribution in [-0.4, -0.2) is 45.5 Å². The molecule has 6 nitrogen and oxygen atoms in total. The summed E-state index contributed by atoms with van der Waals surface area (Å²) in [6.45, 7) is 3.23. The predicted octanol–water partition coefficient (Wildman–Crippen LogP) is 3.28. The van der Waals surface area contributed by atoms with Crippen molar-refractivity contribution in [3.63, 3.8) is 0 Å². The summed E-state index contributed by atoms with van der Waals surface area (Å²) in [7, 11) is 0.258. The van der Waals surface area contributed by atoms with E-state index in [0.29, 0.717) is 16.8 Å². The van der Waals surface area contributed by atoms with E-state index < -0.39 is 10.0 Å². The number of ether oxygens (including phenoxy) is 1. The summed E-state index contributed by atoms with van der Waals surface area (Å²) >= 11 is 3.31. The van der Waals surface area contributed by atoms with Gasteiger partial charge in [-0.25, -0.2) is 13.4 Å². The zero-order chi connectivity index (χ0) is 18.4. The van der Waals surface area contributed by atoms with Crippen LogP contribution in [0.25, 0.3) is 0 Å². The monoisotopic (exact) mass is 427 g/mol. The van der Waals surface area contributed by atoms with Crippen molar-refractivity contribution in [1.29, 1.82) is 0 Å². The third-order valence-corrected chi connectivity index (χ3v) is 5.20. The summed E-state index contributed by atoms with van der Waals surface area (Å²) < 4.78 is 34.0. The van der Waals surface area contributed by atoms with Crippen LogP contribution in [0, 0.1) is 6.92 Å². The van der Waals surface area contributed by atoms with Crippen LogP contribution < -0.4 is 9.46 Å². The highest BCUT2D eigenvalue weighted by atomic mass is 79.9. The molecule has 0 saturated heterocycles. The van der Waals surface area contributed by atoms with Crippen LogP contribution in [-0.2, 0) is 10.0 Å². The van der Waals surface area contributed by atoms with Crippen LogP contribution in [0.3, 0.4) is 0 Å². The Morgan fingerprint density at radius 2 is 1.92 bits per heavy atom. The summed E-state index contributed by atoms with van der Waals surface area (Å²) in [4.78, 5) is 6.42. The highest BCUT2D eigenvalue weighted by molar-refractivity contribution is 9.10. The number of aryl methyl sites for hydroxylation is 1. The van der Waals surface area contributed by atoms with Gasteiger partial charge >= 0.3 is 0 Å². The lowest BCUT2D eigenvalue weighted by Crippen LogP contribution is -2.17. The number of halogens is 1. The second-order valence-corrected chi connectivity index (χ2v) is 8.53. The van der Waals surface area contributed by atoms with Crippen molar-refractivity contribution in [2.24, 2.45) is 0 Å². The number of nitrogens with zero attached hydrogens (tertiary/aromatic N) is 2. The average Bonchev–Trinajstić information content (AvgIpc) is 2.53. The number of hydrogen-bond acceptors (Lipinski definition) is 5. The van der Waals surface area contributed by atoms with E-state index in [9.17, 15) is 8.42 Å². The lowest BCUT2D eigenvalue weighted by molar-refractivity contribution is 0.274. The Hall–Kier alpha value is -1.64. The number of benzene rings is 1. The molecule has 2 aromatic rings. The Labute approximate surface area is 157 Å². The van der Waals surface area contributed by atoms with Crippen molar-refractivity contribution in [3.05, 3.63) is 46.6 Å². The van der Waals surface area contributed by atoms with E-state index in [-0.39, 0.29) is 10.8 Å². The van der Waals surface area contributed by atoms with Gasteiger partial charge in [0, 0.05) is 17.2 Å². The third kappa shape index (κ3) is 5.98. The Bertz CT molecular complexity index is 808.